The molecule has 2 aromatic rings. The van der Waals surface area contributed by atoms with Crippen LogP contribution < -0.4 is 10.5 Å². The highest BCUT2D eigenvalue weighted by Crippen LogP contribution is 2.30. The van der Waals surface area contributed by atoms with Crippen LogP contribution in [0.1, 0.15) is 5.56 Å². The Balaban J connectivity index is 2.32. The summed E-state index contributed by atoms with van der Waals surface area (Å²) in [6.45, 7) is 0. The van der Waals surface area contributed by atoms with Gasteiger partial charge in [-0.1, -0.05) is 12.1 Å². The number of nitrogens with zero attached hydrogens (tertiary/aromatic N) is 2. The van der Waals surface area contributed by atoms with Gasteiger partial charge in [-0.3, -0.25) is 10.1 Å². The van der Waals surface area contributed by atoms with Crippen molar-refractivity contribution in [2.24, 2.45) is 0 Å². The van der Waals surface area contributed by atoms with Crippen molar-refractivity contribution in [2.45, 2.75) is 0 Å². The van der Waals surface area contributed by atoms with Crippen molar-refractivity contribution in [3.8, 4) is 17.6 Å². The van der Waals surface area contributed by atoms with Crippen LogP contribution in [0, 0.1) is 21.4 Å². The highest BCUT2D eigenvalue weighted by Gasteiger charge is 2.12. The number of hydrogen-bond donors (Lipinski definition) is 1. The minimum Gasteiger partial charge on any atom is -0.456 e. The first-order chi connectivity index (χ1) is 9.11. The first-order valence-corrected chi connectivity index (χ1v) is 5.32. The number of nitrogens with two attached hydrogens (primary N) is 1. The Morgan fingerprint density at radius 1 is 1.26 bits per heavy atom. The molecule has 0 saturated carbocycles. The van der Waals surface area contributed by atoms with Crippen LogP contribution in [-0.2, 0) is 0 Å². The van der Waals surface area contributed by atoms with Gasteiger partial charge in [0, 0.05) is 12.1 Å². The number of anilines is 1. The summed E-state index contributed by atoms with van der Waals surface area (Å²) in [5.74, 6) is 0.712. The van der Waals surface area contributed by atoms with Crippen LogP contribution in [0.3, 0.4) is 0 Å². The van der Waals surface area contributed by atoms with E-state index < -0.39 is 4.92 Å². The fourth-order valence-electron chi connectivity index (χ4n) is 1.54. The van der Waals surface area contributed by atoms with Crippen LogP contribution in [0.4, 0.5) is 11.4 Å². The lowest BCUT2D eigenvalue weighted by Gasteiger charge is -2.07. The molecule has 0 spiro atoms. The molecule has 0 atom stereocenters. The number of nitro benzene ring substituents is 1. The predicted octanol–water partition coefficient (Wildman–Crippen LogP) is 2.84. The van der Waals surface area contributed by atoms with Crippen LogP contribution in [0.25, 0.3) is 0 Å². The SMILES string of the molecule is N#Cc1ccccc1Oc1ccc([N+](=O)[O-])c(N)c1. The molecule has 0 aliphatic heterocycles. The topological polar surface area (TPSA) is 102 Å². The van der Waals surface area contributed by atoms with Crippen LogP contribution in [0.15, 0.2) is 42.5 Å². The van der Waals surface area contributed by atoms with E-state index in [1.54, 1.807) is 24.3 Å². The molecule has 0 unspecified atom stereocenters. The maximum Gasteiger partial charge on any atom is 0.292 e. The molecule has 0 fully saturated rings. The van der Waals surface area contributed by atoms with Gasteiger partial charge in [-0.15, -0.1) is 0 Å². The van der Waals surface area contributed by atoms with Crippen molar-refractivity contribution in [3.63, 3.8) is 0 Å². The fourth-order valence-corrected chi connectivity index (χ4v) is 1.54. The Hall–Kier alpha value is -3.07. The number of benzene rings is 2. The number of hydrogen-bond acceptors (Lipinski definition) is 5. The molecule has 19 heavy (non-hydrogen) atoms. The predicted molar refractivity (Wildman–Crippen MR) is 68.7 cm³/mol. The van der Waals surface area contributed by atoms with Crippen molar-refractivity contribution < 1.29 is 9.66 Å². The zero-order valence-electron chi connectivity index (χ0n) is 9.74. The highest BCUT2D eigenvalue weighted by molar-refractivity contribution is 5.61. The lowest BCUT2D eigenvalue weighted by molar-refractivity contribution is -0.383. The van der Waals surface area contributed by atoms with Gasteiger partial charge < -0.3 is 10.5 Å². The molecule has 0 amide bonds. The summed E-state index contributed by atoms with van der Waals surface area (Å²) in [7, 11) is 0. The van der Waals surface area contributed by atoms with E-state index in [-0.39, 0.29) is 11.4 Å². The van der Waals surface area contributed by atoms with E-state index in [4.69, 9.17) is 15.7 Å². The normalized spacial score (nSPS) is 9.63. The average molecular weight is 255 g/mol. The van der Waals surface area contributed by atoms with Crippen LogP contribution in [0.2, 0.25) is 0 Å². The number of nitriles is 1. The summed E-state index contributed by atoms with van der Waals surface area (Å²) in [4.78, 5) is 10.1. The maximum atomic E-state index is 10.6. The summed E-state index contributed by atoms with van der Waals surface area (Å²) in [6.07, 6.45) is 0. The lowest BCUT2D eigenvalue weighted by atomic mass is 10.2. The van der Waals surface area contributed by atoms with Gasteiger partial charge in [0.1, 0.15) is 23.3 Å². The molecule has 0 bridgehead atoms. The van der Waals surface area contributed by atoms with E-state index in [2.05, 4.69) is 0 Å². The van der Waals surface area contributed by atoms with Gasteiger partial charge >= 0.3 is 0 Å². The second-order valence-corrected chi connectivity index (χ2v) is 3.69. The summed E-state index contributed by atoms with van der Waals surface area (Å²) in [6, 6.07) is 12.7. The number of ether oxygens (including phenoxy) is 1. The quantitative estimate of drug-likeness (QED) is 0.516. The highest BCUT2D eigenvalue weighted by atomic mass is 16.6. The molecule has 0 saturated heterocycles. The molecule has 2 rings (SSSR count). The lowest BCUT2D eigenvalue weighted by Crippen LogP contribution is -1.96. The molecule has 94 valence electrons. The Morgan fingerprint density at radius 2 is 2.00 bits per heavy atom. The van der Waals surface area contributed by atoms with Crippen molar-refractivity contribution in [1.29, 1.82) is 5.26 Å². The average Bonchev–Trinajstić information content (AvgIpc) is 2.39. The Labute approximate surface area is 108 Å². The first kappa shape index (κ1) is 12.4. The van der Waals surface area contributed by atoms with E-state index in [1.165, 1.54) is 18.2 Å². The second kappa shape index (κ2) is 5.06. The third-order valence-electron chi connectivity index (χ3n) is 2.43. The summed E-state index contributed by atoms with van der Waals surface area (Å²) in [5.41, 5.74) is 5.77. The third kappa shape index (κ3) is 2.61. The third-order valence-corrected chi connectivity index (χ3v) is 2.43. The summed E-state index contributed by atoms with van der Waals surface area (Å²) < 4.78 is 5.49. The van der Waals surface area contributed by atoms with Crippen molar-refractivity contribution in [3.05, 3.63) is 58.1 Å². The van der Waals surface area contributed by atoms with E-state index in [0.717, 1.165) is 0 Å². The monoisotopic (exact) mass is 255 g/mol. The molecule has 0 aliphatic rings. The number of para-hydroxylation sites is 1. The van der Waals surface area contributed by atoms with Gasteiger partial charge in [0.2, 0.25) is 0 Å². The fraction of sp³-hybridized carbons (Fsp3) is 0. The molecule has 0 heterocycles. The van der Waals surface area contributed by atoms with Gasteiger partial charge in [0.25, 0.3) is 5.69 Å². The first-order valence-electron chi connectivity index (χ1n) is 5.32. The molecule has 2 aromatic carbocycles. The molecule has 6 nitrogen and oxygen atoms in total. The Kier molecular flexibility index (Phi) is 3.30. The Morgan fingerprint density at radius 3 is 2.63 bits per heavy atom. The van der Waals surface area contributed by atoms with E-state index in [0.29, 0.717) is 17.1 Å². The molecule has 0 aliphatic carbocycles. The molecular formula is C13H9N3O3. The minimum atomic E-state index is -0.567. The van der Waals surface area contributed by atoms with Gasteiger partial charge in [-0.25, -0.2) is 0 Å². The Bertz CT molecular complexity index is 677. The summed E-state index contributed by atoms with van der Waals surface area (Å²) >= 11 is 0. The van der Waals surface area contributed by atoms with Crippen LogP contribution >= 0.6 is 0 Å². The zero-order chi connectivity index (χ0) is 13.8. The smallest absolute Gasteiger partial charge is 0.292 e. The maximum absolute atomic E-state index is 10.6. The van der Waals surface area contributed by atoms with Gasteiger partial charge in [0.05, 0.1) is 10.5 Å². The molecule has 6 heteroatoms. The number of rotatable bonds is 3. The molecule has 0 radical (unpaired) electrons. The van der Waals surface area contributed by atoms with Crippen LogP contribution in [-0.4, -0.2) is 4.92 Å². The second-order valence-electron chi connectivity index (χ2n) is 3.69. The number of nitro groups is 1. The van der Waals surface area contributed by atoms with Crippen molar-refractivity contribution in [2.75, 3.05) is 5.73 Å². The van der Waals surface area contributed by atoms with Gasteiger partial charge in [0.15, 0.2) is 0 Å². The minimum absolute atomic E-state index is 0.0111. The zero-order valence-corrected chi connectivity index (χ0v) is 9.74. The summed E-state index contributed by atoms with van der Waals surface area (Å²) in [5, 5.41) is 19.6. The van der Waals surface area contributed by atoms with E-state index >= 15 is 0 Å². The molecule has 0 aromatic heterocycles. The van der Waals surface area contributed by atoms with E-state index in [1.807, 2.05) is 6.07 Å². The van der Waals surface area contributed by atoms with E-state index in [9.17, 15) is 10.1 Å². The largest absolute Gasteiger partial charge is 0.456 e. The number of nitrogen functional groups attached to an aromatic ring is 1. The van der Waals surface area contributed by atoms with Crippen LogP contribution in [0.5, 0.6) is 11.5 Å². The molecular weight excluding hydrogens is 246 g/mol. The standard InChI is InChI=1S/C13H9N3O3/c14-8-9-3-1-2-4-13(9)19-10-5-6-12(16(17)18)11(15)7-10/h1-7H,15H2. The van der Waals surface area contributed by atoms with Gasteiger partial charge in [-0.2, -0.15) is 5.26 Å². The van der Waals surface area contributed by atoms with Gasteiger partial charge in [-0.05, 0) is 18.2 Å². The molecule has 2 N–H and O–H groups in total. The van der Waals surface area contributed by atoms with Crippen molar-refractivity contribution in [1.82, 2.24) is 0 Å². The van der Waals surface area contributed by atoms with Crippen molar-refractivity contribution >= 4 is 11.4 Å².